The molecule has 3 N–H and O–H groups in total. The molecule has 1 atom stereocenters. The quantitative estimate of drug-likeness (QED) is 0.328. The van der Waals surface area contributed by atoms with Crippen molar-refractivity contribution in [3.8, 4) is 0 Å². The van der Waals surface area contributed by atoms with Crippen LogP contribution < -0.4 is 5.73 Å². The maximum absolute atomic E-state index is 12.6. The lowest BCUT2D eigenvalue weighted by Gasteiger charge is -2.46. The molecule has 5 nitrogen and oxygen atoms in total. The van der Waals surface area contributed by atoms with Gasteiger partial charge in [-0.3, -0.25) is 4.79 Å². The van der Waals surface area contributed by atoms with E-state index < -0.39 is 5.41 Å². The molecule has 1 aliphatic heterocycles. The zero-order valence-electron chi connectivity index (χ0n) is 10.5. The molecule has 17 heavy (non-hydrogen) atoms. The summed E-state index contributed by atoms with van der Waals surface area (Å²) in [6.45, 7) is 4.95. The van der Waals surface area contributed by atoms with E-state index in [1.807, 2.05) is 4.90 Å². The number of likely N-dealkylation sites (tertiary alicyclic amines) is 1. The van der Waals surface area contributed by atoms with E-state index in [0.29, 0.717) is 18.8 Å². The lowest BCUT2D eigenvalue weighted by atomic mass is 9.61. The molecule has 1 aliphatic carbocycles. The van der Waals surface area contributed by atoms with E-state index in [0.717, 1.165) is 19.4 Å². The van der Waals surface area contributed by atoms with E-state index in [1.54, 1.807) is 0 Å². The highest BCUT2D eigenvalue weighted by Gasteiger charge is 2.54. The zero-order valence-corrected chi connectivity index (χ0v) is 10.5. The second-order valence-electron chi connectivity index (χ2n) is 5.57. The number of oxime groups is 1. The van der Waals surface area contributed by atoms with Crippen LogP contribution in [0.25, 0.3) is 0 Å². The Bertz CT molecular complexity index is 348. The zero-order chi connectivity index (χ0) is 12.6. The highest BCUT2D eigenvalue weighted by Crippen LogP contribution is 2.47. The Kier molecular flexibility index (Phi) is 3.02. The van der Waals surface area contributed by atoms with E-state index in [-0.39, 0.29) is 17.8 Å². The van der Waals surface area contributed by atoms with E-state index >= 15 is 0 Å². The maximum atomic E-state index is 12.6. The van der Waals surface area contributed by atoms with Crippen LogP contribution in [0, 0.1) is 11.3 Å². The Morgan fingerprint density at radius 2 is 2.12 bits per heavy atom. The van der Waals surface area contributed by atoms with Crippen LogP contribution >= 0.6 is 0 Å². The number of nitrogens with two attached hydrogens (primary N) is 1. The molecule has 0 aromatic heterocycles. The summed E-state index contributed by atoms with van der Waals surface area (Å²) in [7, 11) is 0. The summed E-state index contributed by atoms with van der Waals surface area (Å²) in [5.41, 5.74) is 5.01. The van der Waals surface area contributed by atoms with Gasteiger partial charge in [-0.05, 0) is 38.5 Å². The van der Waals surface area contributed by atoms with Crippen LogP contribution in [0.2, 0.25) is 0 Å². The van der Waals surface area contributed by atoms with Gasteiger partial charge in [0.05, 0.1) is 0 Å². The van der Waals surface area contributed by atoms with Gasteiger partial charge in [0.1, 0.15) is 5.41 Å². The molecular weight excluding hydrogens is 218 g/mol. The monoisotopic (exact) mass is 239 g/mol. The first-order chi connectivity index (χ1) is 8.01. The fourth-order valence-electron chi connectivity index (χ4n) is 3.23. The predicted molar refractivity (Wildman–Crippen MR) is 64.6 cm³/mol. The van der Waals surface area contributed by atoms with Crippen LogP contribution in [0.15, 0.2) is 5.16 Å². The highest BCUT2D eigenvalue weighted by molar-refractivity contribution is 6.07. The molecule has 0 spiro atoms. The minimum atomic E-state index is -0.729. The normalized spacial score (nSPS) is 38.0. The number of amidine groups is 1. The van der Waals surface area contributed by atoms with Crippen LogP contribution in [-0.2, 0) is 4.79 Å². The average Bonchev–Trinajstić information content (AvgIpc) is 2.68. The van der Waals surface area contributed by atoms with Gasteiger partial charge in [0, 0.05) is 12.6 Å². The Labute approximate surface area is 102 Å². The van der Waals surface area contributed by atoms with Crippen molar-refractivity contribution in [1.82, 2.24) is 4.90 Å². The first-order valence-corrected chi connectivity index (χ1v) is 6.30. The molecule has 2 aliphatic rings. The van der Waals surface area contributed by atoms with Crippen molar-refractivity contribution >= 4 is 11.7 Å². The molecule has 96 valence electrons. The Morgan fingerprint density at radius 1 is 1.47 bits per heavy atom. The van der Waals surface area contributed by atoms with Gasteiger partial charge in [-0.15, -0.1) is 0 Å². The molecule has 0 radical (unpaired) electrons. The standard InChI is InChI=1S/C12H21N3O2/c1-8-6-12(7-8,10(13)14-17)11(16)15-5-3-4-9(15)2/h8-9,17H,3-7H2,1-2H3,(H2,13,14). The summed E-state index contributed by atoms with van der Waals surface area (Å²) in [6, 6.07) is 0.279. The van der Waals surface area contributed by atoms with E-state index in [4.69, 9.17) is 10.9 Å². The van der Waals surface area contributed by atoms with Crippen LogP contribution in [0.5, 0.6) is 0 Å². The molecule has 1 heterocycles. The van der Waals surface area contributed by atoms with Crippen molar-refractivity contribution < 1.29 is 10.0 Å². The summed E-state index contributed by atoms with van der Waals surface area (Å²) >= 11 is 0. The number of amides is 1. The summed E-state index contributed by atoms with van der Waals surface area (Å²) in [6.07, 6.45) is 3.50. The summed E-state index contributed by atoms with van der Waals surface area (Å²) in [5.74, 6) is 0.604. The number of hydrogen-bond acceptors (Lipinski definition) is 3. The van der Waals surface area contributed by atoms with Gasteiger partial charge < -0.3 is 15.8 Å². The van der Waals surface area contributed by atoms with Crippen molar-refractivity contribution in [3.63, 3.8) is 0 Å². The number of rotatable bonds is 2. The van der Waals surface area contributed by atoms with Gasteiger partial charge in [-0.25, -0.2) is 0 Å². The molecule has 0 aromatic carbocycles. The molecule has 0 bridgehead atoms. The summed E-state index contributed by atoms with van der Waals surface area (Å²) in [4.78, 5) is 14.5. The molecule has 1 amide bonds. The van der Waals surface area contributed by atoms with Gasteiger partial charge in [0.25, 0.3) is 0 Å². The minimum Gasteiger partial charge on any atom is -0.409 e. The number of carbonyl (C=O) groups excluding carboxylic acids is 1. The SMILES string of the molecule is CC1CC(C(=O)N2CCCC2C)(C(N)=NO)C1. The molecular formula is C12H21N3O2. The fraction of sp³-hybridized carbons (Fsp3) is 0.833. The van der Waals surface area contributed by atoms with Crippen molar-refractivity contribution in [3.05, 3.63) is 0 Å². The Hall–Kier alpha value is -1.26. The second-order valence-corrected chi connectivity index (χ2v) is 5.57. The van der Waals surface area contributed by atoms with Crippen molar-refractivity contribution in [2.45, 2.75) is 45.6 Å². The number of carbonyl (C=O) groups is 1. The van der Waals surface area contributed by atoms with Crippen LogP contribution in [-0.4, -0.2) is 34.4 Å². The Balaban J connectivity index is 2.20. The smallest absolute Gasteiger partial charge is 0.236 e. The second kappa shape index (κ2) is 4.20. The van der Waals surface area contributed by atoms with E-state index in [9.17, 15) is 4.79 Å². The predicted octanol–water partition coefficient (Wildman–Crippen LogP) is 1.16. The summed E-state index contributed by atoms with van der Waals surface area (Å²) in [5, 5.41) is 12.0. The van der Waals surface area contributed by atoms with Gasteiger partial charge in [0.15, 0.2) is 5.84 Å². The third-order valence-corrected chi connectivity index (χ3v) is 4.22. The average molecular weight is 239 g/mol. The van der Waals surface area contributed by atoms with Gasteiger partial charge >= 0.3 is 0 Å². The van der Waals surface area contributed by atoms with Gasteiger partial charge in [-0.1, -0.05) is 12.1 Å². The van der Waals surface area contributed by atoms with Crippen LogP contribution in [0.4, 0.5) is 0 Å². The fourth-order valence-corrected chi connectivity index (χ4v) is 3.23. The lowest BCUT2D eigenvalue weighted by molar-refractivity contribution is -0.145. The van der Waals surface area contributed by atoms with E-state index in [1.165, 1.54) is 0 Å². The first-order valence-electron chi connectivity index (χ1n) is 6.30. The third-order valence-electron chi connectivity index (χ3n) is 4.22. The largest absolute Gasteiger partial charge is 0.409 e. The van der Waals surface area contributed by atoms with Crippen LogP contribution in [0.3, 0.4) is 0 Å². The van der Waals surface area contributed by atoms with Gasteiger partial charge in [-0.2, -0.15) is 0 Å². The first kappa shape index (κ1) is 12.2. The molecule has 1 saturated heterocycles. The molecule has 1 unspecified atom stereocenters. The molecule has 0 aromatic rings. The third kappa shape index (κ3) is 1.77. The number of nitrogens with zero attached hydrogens (tertiary/aromatic N) is 2. The molecule has 1 saturated carbocycles. The lowest BCUT2D eigenvalue weighted by Crippen LogP contribution is -2.58. The van der Waals surface area contributed by atoms with Crippen molar-refractivity contribution in [2.75, 3.05) is 6.54 Å². The maximum Gasteiger partial charge on any atom is 0.236 e. The van der Waals surface area contributed by atoms with Crippen molar-refractivity contribution in [2.24, 2.45) is 22.2 Å². The topological polar surface area (TPSA) is 78.9 Å². The Morgan fingerprint density at radius 3 is 2.53 bits per heavy atom. The highest BCUT2D eigenvalue weighted by atomic mass is 16.4. The van der Waals surface area contributed by atoms with Gasteiger partial charge in [0.2, 0.25) is 5.91 Å². The molecule has 2 fully saturated rings. The van der Waals surface area contributed by atoms with E-state index in [2.05, 4.69) is 19.0 Å². The van der Waals surface area contributed by atoms with Crippen LogP contribution in [0.1, 0.15) is 39.5 Å². The molecule has 5 heteroatoms. The number of hydrogen-bond donors (Lipinski definition) is 2. The van der Waals surface area contributed by atoms with Crippen molar-refractivity contribution in [1.29, 1.82) is 0 Å². The molecule has 2 rings (SSSR count). The summed E-state index contributed by atoms with van der Waals surface area (Å²) < 4.78 is 0. The minimum absolute atomic E-state index is 0.0518.